The molecule has 2 aromatic carbocycles. The van der Waals surface area contributed by atoms with Crippen molar-refractivity contribution in [1.82, 2.24) is 10.6 Å². The van der Waals surface area contributed by atoms with Crippen molar-refractivity contribution in [3.63, 3.8) is 0 Å². The molecule has 0 aromatic heterocycles. The number of nitrogens with two attached hydrogens (primary N) is 1. The highest BCUT2D eigenvalue weighted by Crippen LogP contribution is 2.35. The number of alkyl halides is 1. The first-order valence-corrected chi connectivity index (χ1v) is 17.9. The van der Waals surface area contributed by atoms with Gasteiger partial charge in [0.2, 0.25) is 11.8 Å². The minimum absolute atomic E-state index is 0.0335. The van der Waals surface area contributed by atoms with Crippen LogP contribution in [0.4, 0.5) is 0 Å². The third kappa shape index (κ3) is 12.2. The summed E-state index contributed by atoms with van der Waals surface area (Å²) < 4.78 is 22.8. The zero-order valence-electron chi connectivity index (χ0n) is 30.4. The number of hydrogen-bond acceptors (Lipinski definition) is 10. The van der Waals surface area contributed by atoms with Crippen LogP contribution >= 0.6 is 23.2 Å². The van der Waals surface area contributed by atoms with Crippen molar-refractivity contribution in [2.45, 2.75) is 83.6 Å². The second-order valence-electron chi connectivity index (χ2n) is 13.8. The van der Waals surface area contributed by atoms with Crippen molar-refractivity contribution in [2.75, 3.05) is 20.2 Å². The average Bonchev–Trinajstić information content (AvgIpc) is 3.10. The van der Waals surface area contributed by atoms with Gasteiger partial charge in [0.25, 0.3) is 0 Å². The first-order chi connectivity index (χ1) is 24.6. The van der Waals surface area contributed by atoms with E-state index in [2.05, 4.69) is 10.6 Å². The predicted molar refractivity (Wildman–Crippen MR) is 197 cm³/mol. The number of methoxy groups -OCH3 is 1. The molecule has 2 amide bonds. The molecule has 2 aromatic rings. The van der Waals surface area contributed by atoms with Gasteiger partial charge < -0.3 is 35.3 Å². The van der Waals surface area contributed by atoms with Gasteiger partial charge in [-0.15, -0.1) is 11.6 Å². The van der Waals surface area contributed by atoms with Gasteiger partial charge in [-0.25, -0.2) is 4.79 Å². The van der Waals surface area contributed by atoms with Gasteiger partial charge in [0, 0.05) is 25.3 Å². The Hall–Kier alpha value is -4.13. The van der Waals surface area contributed by atoms with E-state index >= 15 is 0 Å². The molecule has 0 unspecified atom stereocenters. The fourth-order valence-electron chi connectivity index (χ4n) is 5.49. The lowest BCUT2D eigenvalue weighted by atomic mass is 9.90. The van der Waals surface area contributed by atoms with Crippen LogP contribution in [-0.4, -0.2) is 74.3 Å². The van der Waals surface area contributed by atoms with Gasteiger partial charge >= 0.3 is 17.9 Å². The molecule has 0 fully saturated rings. The van der Waals surface area contributed by atoms with Crippen molar-refractivity contribution < 1.29 is 42.9 Å². The van der Waals surface area contributed by atoms with Gasteiger partial charge in [-0.1, -0.05) is 74.8 Å². The Kier molecular flexibility index (Phi) is 16.0. The van der Waals surface area contributed by atoms with E-state index < -0.39 is 77.3 Å². The molecule has 52 heavy (non-hydrogen) atoms. The van der Waals surface area contributed by atoms with Gasteiger partial charge in [-0.2, -0.15) is 0 Å². The molecule has 284 valence electrons. The van der Waals surface area contributed by atoms with Crippen molar-refractivity contribution in [2.24, 2.45) is 23.0 Å². The smallest absolute Gasteiger partial charge is 0.347 e. The van der Waals surface area contributed by atoms with E-state index in [1.54, 1.807) is 63.2 Å². The number of halogens is 2. The van der Waals surface area contributed by atoms with Crippen molar-refractivity contribution in [3.05, 3.63) is 76.8 Å². The summed E-state index contributed by atoms with van der Waals surface area (Å²) in [4.78, 5) is 66.7. The molecule has 0 radical (unpaired) electrons. The molecule has 6 atom stereocenters. The maximum Gasteiger partial charge on any atom is 0.347 e. The second kappa shape index (κ2) is 19.6. The molecular formula is C38H49Cl2N3O9. The standard InChI is InChI=1S/C38H49Cl2N3O9/c1-22(2)17-30-36(47)50-28(23(3)34(52-32(45)20-41)33(40)25-11-8-7-9-12-25)13-10-14-31(44)43-27(19-24-15-16-29(49-6)26(39)18-24)35(46)42-21-38(4,5)37(48)51-30/h7-12,14-16,18,22-23,27-28,30,33-34H,13,17,19-21,41H2,1-6H3,(H,42,46)(H,43,44)/b14-10+/t23-,27-,28-,30-,33-,34+/m0/s1. The first-order valence-electron chi connectivity index (χ1n) is 17.1. The maximum absolute atomic E-state index is 13.8. The number of esters is 3. The Morgan fingerprint density at radius 3 is 2.37 bits per heavy atom. The summed E-state index contributed by atoms with van der Waals surface area (Å²) in [7, 11) is 1.48. The topological polar surface area (TPSA) is 172 Å². The van der Waals surface area contributed by atoms with Gasteiger partial charge in [-0.05, 0) is 55.5 Å². The van der Waals surface area contributed by atoms with Gasteiger partial charge in [-0.3, -0.25) is 19.2 Å². The number of ether oxygens (including phenoxy) is 4. The van der Waals surface area contributed by atoms with E-state index in [1.807, 2.05) is 19.9 Å². The van der Waals surface area contributed by atoms with Crippen LogP contribution in [0.2, 0.25) is 5.02 Å². The highest BCUT2D eigenvalue weighted by molar-refractivity contribution is 6.32. The molecule has 0 spiro atoms. The van der Waals surface area contributed by atoms with Crippen LogP contribution < -0.4 is 21.1 Å². The molecule has 12 nitrogen and oxygen atoms in total. The first kappa shape index (κ1) is 42.3. The minimum Gasteiger partial charge on any atom is -0.495 e. The summed E-state index contributed by atoms with van der Waals surface area (Å²) in [5, 5.41) is 4.93. The fourth-order valence-corrected chi connectivity index (χ4v) is 6.20. The van der Waals surface area contributed by atoms with Crippen LogP contribution in [0.15, 0.2) is 60.7 Å². The van der Waals surface area contributed by atoms with E-state index in [0.717, 1.165) is 0 Å². The molecule has 1 aliphatic rings. The second-order valence-corrected chi connectivity index (χ2v) is 14.7. The van der Waals surface area contributed by atoms with Gasteiger partial charge in [0.1, 0.15) is 24.0 Å². The number of benzene rings is 2. The Bertz CT molecular complexity index is 1580. The number of cyclic esters (lactones) is 2. The Morgan fingerprint density at radius 2 is 1.75 bits per heavy atom. The number of hydrogen-bond donors (Lipinski definition) is 3. The third-order valence-electron chi connectivity index (χ3n) is 8.59. The van der Waals surface area contributed by atoms with Crippen LogP contribution in [0.5, 0.6) is 5.75 Å². The number of nitrogens with one attached hydrogen (secondary N) is 2. The molecule has 1 aliphatic heterocycles. The molecule has 1 heterocycles. The number of amides is 2. The molecule has 0 aliphatic carbocycles. The lowest BCUT2D eigenvalue weighted by Crippen LogP contribution is -2.51. The third-order valence-corrected chi connectivity index (χ3v) is 9.39. The summed E-state index contributed by atoms with van der Waals surface area (Å²) in [5.74, 6) is -3.82. The van der Waals surface area contributed by atoms with E-state index in [4.69, 9.17) is 47.9 Å². The number of carbonyl (C=O) groups is 5. The number of carbonyl (C=O) groups excluding carboxylic acids is 5. The molecule has 4 N–H and O–H groups in total. The summed E-state index contributed by atoms with van der Waals surface area (Å²) in [6.45, 7) is 8.00. The van der Waals surface area contributed by atoms with Crippen molar-refractivity contribution in [3.8, 4) is 5.75 Å². The highest BCUT2D eigenvalue weighted by Gasteiger charge is 2.40. The summed E-state index contributed by atoms with van der Waals surface area (Å²) in [5.41, 5.74) is 5.60. The van der Waals surface area contributed by atoms with Gasteiger partial charge in [0.05, 0.1) is 29.5 Å². The Morgan fingerprint density at radius 1 is 1.06 bits per heavy atom. The summed E-state index contributed by atoms with van der Waals surface area (Å²) >= 11 is 13.2. The molecule has 0 saturated heterocycles. The molecule has 0 saturated carbocycles. The summed E-state index contributed by atoms with van der Waals surface area (Å²) in [6, 6.07) is 12.9. The SMILES string of the molecule is COc1ccc(C[C@@H]2NC(=O)/C=C/C[C@@H]([C@H](C)[C@@H](OC(=O)CN)[C@@H](Cl)c3ccccc3)OC(=O)[C@H](CC(C)C)OC(=O)C(C)(C)CNC2=O)cc1Cl. The average molecular weight is 763 g/mol. The fraction of sp³-hybridized carbons (Fsp3) is 0.500. The zero-order chi connectivity index (χ0) is 38.6. The molecule has 0 bridgehead atoms. The van der Waals surface area contributed by atoms with Crippen LogP contribution in [-0.2, 0) is 44.6 Å². The van der Waals surface area contributed by atoms with Crippen molar-refractivity contribution >= 4 is 52.9 Å². The van der Waals surface area contributed by atoms with Crippen LogP contribution in [0, 0.1) is 17.3 Å². The lowest BCUT2D eigenvalue weighted by molar-refractivity contribution is -0.181. The minimum atomic E-state index is -1.30. The van der Waals surface area contributed by atoms with E-state index in [0.29, 0.717) is 21.9 Å². The molecule has 14 heteroatoms. The summed E-state index contributed by atoms with van der Waals surface area (Å²) in [6.07, 6.45) is -0.455. The van der Waals surface area contributed by atoms with E-state index in [1.165, 1.54) is 19.3 Å². The quantitative estimate of drug-likeness (QED) is 0.164. The highest BCUT2D eigenvalue weighted by atomic mass is 35.5. The largest absolute Gasteiger partial charge is 0.495 e. The van der Waals surface area contributed by atoms with Crippen LogP contribution in [0.1, 0.15) is 64.0 Å². The monoisotopic (exact) mass is 761 g/mol. The lowest BCUT2D eigenvalue weighted by Gasteiger charge is -2.34. The van der Waals surface area contributed by atoms with Crippen LogP contribution in [0.25, 0.3) is 0 Å². The van der Waals surface area contributed by atoms with E-state index in [-0.39, 0.29) is 31.7 Å². The Balaban J connectivity index is 2.04. The zero-order valence-corrected chi connectivity index (χ0v) is 31.9. The molecular weight excluding hydrogens is 713 g/mol. The number of rotatable bonds is 11. The Labute approximate surface area is 315 Å². The maximum atomic E-state index is 13.8. The van der Waals surface area contributed by atoms with Crippen molar-refractivity contribution in [1.29, 1.82) is 0 Å². The van der Waals surface area contributed by atoms with Crippen LogP contribution in [0.3, 0.4) is 0 Å². The van der Waals surface area contributed by atoms with E-state index in [9.17, 15) is 24.0 Å². The molecule has 3 rings (SSSR count). The predicted octanol–water partition coefficient (Wildman–Crippen LogP) is 4.83. The van der Waals surface area contributed by atoms with Gasteiger partial charge in [0.15, 0.2) is 6.10 Å². The normalized spacial score (nSPS) is 22.5.